The average Bonchev–Trinajstić information content (AvgIpc) is 2.63. The molecule has 0 aliphatic carbocycles. The molecule has 1 heterocycles. The van der Waals surface area contributed by atoms with Gasteiger partial charge in [0.25, 0.3) is 0 Å². The minimum Gasteiger partial charge on any atom is -0.493 e. The van der Waals surface area contributed by atoms with Crippen LogP contribution in [0.4, 0.5) is 14.5 Å². The fourth-order valence-corrected chi connectivity index (χ4v) is 2.87. The van der Waals surface area contributed by atoms with Gasteiger partial charge in [-0.2, -0.15) is 0 Å². The summed E-state index contributed by atoms with van der Waals surface area (Å²) in [6, 6.07) is 6.53. The number of halogens is 2. The molecule has 7 nitrogen and oxygen atoms in total. The van der Waals surface area contributed by atoms with Crippen molar-refractivity contribution < 1.29 is 31.4 Å². The van der Waals surface area contributed by atoms with Crippen molar-refractivity contribution in [1.82, 2.24) is 4.98 Å². The molecule has 0 saturated carbocycles. The SMILES string of the molecule is COc1cc2nccc(Oc3cc(F)c(N[SH](=O)=O)c(F)c3)c2cc1OC. The molecule has 0 saturated heterocycles. The number of ether oxygens (including phenoxy) is 3. The Bertz CT molecular complexity index is 1060. The standard InChI is InChI=1S/C17H14F2N2O5S/c1-24-15-7-10-13(8-16(15)25-2)20-4-3-14(10)26-9-5-11(18)17(12(19)6-9)21-27(22)23/h3-8,27H,1-2H3,(H,21,22,23). The number of nitrogens with zero attached hydrogens (tertiary/aromatic N) is 1. The van der Waals surface area contributed by atoms with Crippen LogP contribution in [0.15, 0.2) is 36.5 Å². The summed E-state index contributed by atoms with van der Waals surface area (Å²) >= 11 is 0. The molecule has 1 aromatic heterocycles. The van der Waals surface area contributed by atoms with Crippen LogP contribution in [0.25, 0.3) is 10.9 Å². The van der Waals surface area contributed by atoms with E-state index in [9.17, 15) is 17.2 Å². The van der Waals surface area contributed by atoms with Crippen LogP contribution >= 0.6 is 0 Å². The highest BCUT2D eigenvalue weighted by molar-refractivity contribution is 7.73. The fourth-order valence-electron chi connectivity index (χ4n) is 2.47. The van der Waals surface area contributed by atoms with E-state index in [1.807, 2.05) is 0 Å². The Morgan fingerprint density at radius 1 is 0.963 bits per heavy atom. The summed E-state index contributed by atoms with van der Waals surface area (Å²) < 4.78 is 67.0. The predicted octanol–water partition coefficient (Wildman–Crippen LogP) is 3.26. The van der Waals surface area contributed by atoms with E-state index in [2.05, 4.69) is 4.98 Å². The summed E-state index contributed by atoms with van der Waals surface area (Å²) in [6.45, 7) is 0. The quantitative estimate of drug-likeness (QED) is 0.622. The van der Waals surface area contributed by atoms with Gasteiger partial charge in [-0.3, -0.25) is 9.71 Å². The number of aromatic nitrogens is 1. The normalized spacial score (nSPS) is 10.9. The monoisotopic (exact) mass is 396 g/mol. The van der Waals surface area contributed by atoms with Crippen LogP contribution in [0, 0.1) is 11.6 Å². The smallest absolute Gasteiger partial charge is 0.222 e. The molecule has 0 radical (unpaired) electrons. The molecule has 0 atom stereocenters. The Morgan fingerprint density at radius 3 is 2.19 bits per heavy atom. The van der Waals surface area contributed by atoms with Gasteiger partial charge in [0.15, 0.2) is 23.1 Å². The van der Waals surface area contributed by atoms with Crippen molar-refractivity contribution in [2.75, 3.05) is 18.9 Å². The van der Waals surface area contributed by atoms with E-state index < -0.39 is 28.2 Å². The van der Waals surface area contributed by atoms with Gasteiger partial charge in [-0.05, 0) is 12.1 Å². The molecule has 0 fully saturated rings. The van der Waals surface area contributed by atoms with Crippen molar-refractivity contribution in [2.45, 2.75) is 0 Å². The van der Waals surface area contributed by atoms with Crippen LogP contribution in [0.2, 0.25) is 0 Å². The molecule has 27 heavy (non-hydrogen) atoms. The number of pyridine rings is 1. The zero-order valence-corrected chi connectivity index (χ0v) is 15.1. The van der Waals surface area contributed by atoms with Crippen molar-refractivity contribution in [2.24, 2.45) is 0 Å². The molecule has 3 aromatic rings. The molecule has 0 aliphatic heterocycles. The third kappa shape index (κ3) is 3.85. The van der Waals surface area contributed by atoms with Crippen molar-refractivity contribution >= 4 is 27.5 Å². The number of hydrogen-bond acceptors (Lipinski definition) is 6. The Labute approximate surface area is 154 Å². The van der Waals surface area contributed by atoms with Gasteiger partial charge in [0.1, 0.15) is 17.2 Å². The number of rotatable bonds is 6. The largest absolute Gasteiger partial charge is 0.493 e. The number of fused-ring (bicyclic) bond motifs is 1. The summed E-state index contributed by atoms with van der Waals surface area (Å²) in [7, 11) is -0.249. The van der Waals surface area contributed by atoms with Crippen LogP contribution in [-0.2, 0) is 10.9 Å². The number of nitrogens with one attached hydrogen (secondary N) is 1. The van der Waals surface area contributed by atoms with Crippen LogP contribution in [0.5, 0.6) is 23.0 Å². The Balaban J connectivity index is 2.04. The van der Waals surface area contributed by atoms with Gasteiger partial charge < -0.3 is 14.2 Å². The third-order valence-corrected chi connectivity index (χ3v) is 4.06. The van der Waals surface area contributed by atoms with Gasteiger partial charge in [-0.15, -0.1) is 0 Å². The second-order valence-electron chi connectivity index (χ2n) is 5.27. The second-order valence-corrected chi connectivity index (χ2v) is 6.00. The summed E-state index contributed by atoms with van der Waals surface area (Å²) in [4.78, 5) is 4.21. The summed E-state index contributed by atoms with van der Waals surface area (Å²) in [5, 5.41) is 0.529. The maximum atomic E-state index is 14.0. The first-order valence-electron chi connectivity index (χ1n) is 7.51. The van der Waals surface area contributed by atoms with Crippen LogP contribution in [0.1, 0.15) is 0 Å². The number of methoxy groups -OCH3 is 2. The van der Waals surface area contributed by atoms with Gasteiger partial charge in [0.2, 0.25) is 10.9 Å². The van der Waals surface area contributed by atoms with Gasteiger partial charge >= 0.3 is 0 Å². The highest BCUT2D eigenvalue weighted by Gasteiger charge is 2.15. The molecule has 10 heteroatoms. The molecule has 1 N–H and O–H groups in total. The molecule has 2 aromatic carbocycles. The maximum Gasteiger partial charge on any atom is 0.222 e. The van der Waals surface area contributed by atoms with E-state index in [4.69, 9.17) is 14.2 Å². The van der Waals surface area contributed by atoms with E-state index >= 15 is 0 Å². The average molecular weight is 396 g/mol. The lowest BCUT2D eigenvalue weighted by Crippen LogP contribution is -2.02. The Morgan fingerprint density at radius 2 is 1.59 bits per heavy atom. The molecule has 3 rings (SSSR count). The van der Waals surface area contributed by atoms with Gasteiger partial charge in [-0.25, -0.2) is 17.2 Å². The number of anilines is 1. The number of hydrogen-bond donors (Lipinski definition) is 2. The van der Waals surface area contributed by atoms with Crippen LogP contribution < -0.4 is 18.9 Å². The highest BCUT2D eigenvalue weighted by Crippen LogP contribution is 2.37. The zero-order valence-electron chi connectivity index (χ0n) is 14.2. The molecule has 0 amide bonds. The van der Waals surface area contributed by atoms with E-state index in [0.717, 1.165) is 12.1 Å². The molecule has 0 bridgehead atoms. The third-order valence-electron chi connectivity index (χ3n) is 3.65. The summed E-state index contributed by atoms with van der Waals surface area (Å²) in [5.74, 6) is -1.20. The molecular formula is C17H14F2N2O5S. The summed E-state index contributed by atoms with van der Waals surface area (Å²) in [6.07, 6.45) is 1.47. The first-order chi connectivity index (χ1) is 12.9. The Kier molecular flexibility index (Phi) is 5.26. The minimum absolute atomic E-state index is 0.154. The van der Waals surface area contributed by atoms with Crippen LogP contribution in [0.3, 0.4) is 0 Å². The lowest BCUT2D eigenvalue weighted by atomic mass is 10.2. The van der Waals surface area contributed by atoms with Crippen molar-refractivity contribution in [1.29, 1.82) is 0 Å². The Hall–Kier alpha value is -3.14. The van der Waals surface area contributed by atoms with E-state index in [0.29, 0.717) is 22.4 Å². The first kappa shape index (κ1) is 18.6. The van der Waals surface area contributed by atoms with Gasteiger partial charge in [0.05, 0.1) is 19.7 Å². The summed E-state index contributed by atoms with van der Waals surface area (Å²) in [5.41, 5.74) is -0.253. The van der Waals surface area contributed by atoms with Crippen molar-refractivity contribution in [3.8, 4) is 23.0 Å². The van der Waals surface area contributed by atoms with E-state index in [1.54, 1.807) is 16.9 Å². The zero-order chi connectivity index (χ0) is 19.6. The highest BCUT2D eigenvalue weighted by atomic mass is 32.2. The number of thiol groups is 1. The minimum atomic E-state index is -3.21. The maximum absolute atomic E-state index is 14.0. The van der Waals surface area contributed by atoms with Crippen molar-refractivity contribution in [3.05, 3.63) is 48.2 Å². The molecule has 142 valence electrons. The lowest BCUT2D eigenvalue weighted by molar-refractivity contribution is 0.355. The lowest BCUT2D eigenvalue weighted by Gasteiger charge is -2.13. The fraction of sp³-hybridized carbons (Fsp3) is 0.118. The van der Waals surface area contributed by atoms with E-state index in [1.165, 1.54) is 26.5 Å². The first-order valence-corrected chi connectivity index (χ1v) is 8.69. The number of benzene rings is 2. The van der Waals surface area contributed by atoms with E-state index in [-0.39, 0.29) is 11.5 Å². The van der Waals surface area contributed by atoms with Crippen molar-refractivity contribution in [3.63, 3.8) is 0 Å². The van der Waals surface area contributed by atoms with Gasteiger partial charge in [-0.1, -0.05) is 0 Å². The predicted molar refractivity (Wildman–Crippen MR) is 95.2 cm³/mol. The second kappa shape index (κ2) is 7.62. The molecule has 0 aliphatic rings. The van der Waals surface area contributed by atoms with Gasteiger partial charge in [0, 0.05) is 29.8 Å². The molecule has 0 spiro atoms. The topological polar surface area (TPSA) is 86.8 Å². The molecule has 0 unspecified atom stereocenters. The molecular weight excluding hydrogens is 382 g/mol. The van der Waals surface area contributed by atoms with Crippen LogP contribution in [-0.4, -0.2) is 27.6 Å².